The molecule has 12 heavy (non-hydrogen) atoms. The average molecular weight is 186 g/mol. The fraction of sp³-hybridized carbons (Fsp3) is 0.429. The summed E-state index contributed by atoms with van der Waals surface area (Å²) >= 11 is 1.38. The molecule has 2 N–H and O–H groups in total. The molecule has 0 fully saturated rings. The lowest BCUT2D eigenvalue weighted by atomic mass is 10.3. The summed E-state index contributed by atoms with van der Waals surface area (Å²) in [5.74, 6) is -0.815. The molecule has 0 aromatic carbocycles. The second-order valence-electron chi connectivity index (χ2n) is 2.35. The molecule has 0 radical (unpaired) electrons. The summed E-state index contributed by atoms with van der Waals surface area (Å²) in [6.45, 7) is 1.82. The van der Waals surface area contributed by atoms with Gasteiger partial charge in [0.05, 0.1) is 12.1 Å². The SMILES string of the molecule is CNc1nc(C)c(CC(=O)O)s1. The average Bonchev–Trinajstić information content (AvgIpc) is 2.31. The molecule has 0 aliphatic carbocycles. The van der Waals surface area contributed by atoms with Gasteiger partial charge in [-0.3, -0.25) is 4.79 Å². The van der Waals surface area contributed by atoms with E-state index in [0.29, 0.717) is 0 Å². The number of aromatic nitrogens is 1. The molecular weight excluding hydrogens is 176 g/mol. The van der Waals surface area contributed by atoms with Crippen LogP contribution in [-0.2, 0) is 11.2 Å². The van der Waals surface area contributed by atoms with E-state index in [1.165, 1.54) is 11.3 Å². The molecule has 5 heteroatoms. The third-order valence-electron chi connectivity index (χ3n) is 1.42. The number of hydrogen-bond acceptors (Lipinski definition) is 4. The van der Waals surface area contributed by atoms with Gasteiger partial charge in [-0.1, -0.05) is 0 Å². The smallest absolute Gasteiger partial charge is 0.308 e. The number of aliphatic carboxylic acids is 1. The summed E-state index contributed by atoms with van der Waals surface area (Å²) in [5, 5.41) is 12.2. The second-order valence-corrected chi connectivity index (χ2v) is 3.43. The van der Waals surface area contributed by atoms with E-state index in [4.69, 9.17) is 5.11 Å². The van der Waals surface area contributed by atoms with E-state index in [2.05, 4.69) is 10.3 Å². The Kier molecular flexibility index (Phi) is 2.65. The lowest BCUT2D eigenvalue weighted by molar-refractivity contribution is -0.136. The van der Waals surface area contributed by atoms with Crippen molar-refractivity contribution < 1.29 is 9.90 Å². The van der Waals surface area contributed by atoms with Gasteiger partial charge in [0.25, 0.3) is 0 Å². The third kappa shape index (κ3) is 1.94. The number of carbonyl (C=O) groups is 1. The number of anilines is 1. The number of carboxylic acid groups (broad SMARTS) is 1. The number of thiazole rings is 1. The van der Waals surface area contributed by atoms with Crippen LogP contribution in [0.2, 0.25) is 0 Å². The summed E-state index contributed by atoms with van der Waals surface area (Å²) in [7, 11) is 1.77. The van der Waals surface area contributed by atoms with Crippen molar-refractivity contribution >= 4 is 22.4 Å². The minimum Gasteiger partial charge on any atom is -0.481 e. The molecule has 0 unspecified atom stereocenters. The van der Waals surface area contributed by atoms with Crippen LogP contribution in [0.1, 0.15) is 10.6 Å². The maximum Gasteiger partial charge on any atom is 0.308 e. The lowest BCUT2D eigenvalue weighted by Crippen LogP contribution is -1.99. The number of rotatable bonds is 3. The molecule has 0 atom stereocenters. The number of carboxylic acids is 1. The highest BCUT2D eigenvalue weighted by Crippen LogP contribution is 2.22. The Bertz CT molecular complexity index is 296. The normalized spacial score (nSPS) is 9.83. The molecular formula is C7H10N2O2S. The second kappa shape index (κ2) is 3.53. The van der Waals surface area contributed by atoms with Gasteiger partial charge in [-0.25, -0.2) is 4.98 Å². The molecule has 0 amide bonds. The van der Waals surface area contributed by atoms with Gasteiger partial charge in [0, 0.05) is 11.9 Å². The van der Waals surface area contributed by atoms with E-state index in [-0.39, 0.29) is 6.42 Å². The Morgan fingerprint density at radius 2 is 2.42 bits per heavy atom. The molecule has 0 aliphatic rings. The minimum atomic E-state index is -0.815. The summed E-state index contributed by atoms with van der Waals surface area (Å²) < 4.78 is 0. The van der Waals surface area contributed by atoms with Gasteiger partial charge in [0.1, 0.15) is 0 Å². The zero-order chi connectivity index (χ0) is 9.14. The van der Waals surface area contributed by atoms with Crippen molar-refractivity contribution in [3.63, 3.8) is 0 Å². The van der Waals surface area contributed by atoms with Crippen LogP contribution < -0.4 is 5.32 Å². The minimum absolute atomic E-state index is 0.0607. The molecule has 0 spiro atoms. The van der Waals surface area contributed by atoms with Crippen LogP contribution in [-0.4, -0.2) is 23.1 Å². The summed E-state index contributed by atoms with van der Waals surface area (Å²) in [6.07, 6.45) is 0.0607. The van der Waals surface area contributed by atoms with E-state index in [1.54, 1.807) is 7.05 Å². The van der Waals surface area contributed by atoms with Crippen LogP contribution in [0.4, 0.5) is 5.13 Å². The molecule has 1 heterocycles. The topological polar surface area (TPSA) is 62.2 Å². The van der Waals surface area contributed by atoms with E-state index in [9.17, 15) is 4.79 Å². The molecule has 0 saturated carbocycles. The number of nitrogens with one attached hydrogen (secondary N) is 1. The predicted molar refractivity (Wildman–Crippen MR) is 47.7 cm³/mol. The van der Waals surface area contributed by atoms with E-state index >= 15 is 0 Å². The highest BCUT2D eigenvalue weighted by Gasteiger charge is 2.09. The molecule has 0 saturated heterocycles. The number of hydrogen-bond donors (Lipinski definition) is 2. The summed E-state index contributed by atoms with van der Waals surface area (Å²) in [4.78, 5) is 15.3. The van der Waals surface area contributed by atoms with Gasteiger partial charge in [-0.15, -0.1) is 11.3 Å². The fourth-order valence-electron chi connectivity index (χ4n) is 0.836. The van der Waals surface area contributed by atoms with Crippen molar-refractivity contribution in [2.75, 3.05) is 12.4 Å². The first kappa shape index (κ1) is 8.99. The van der Waals surface area contributed by atoms with Crippen LogP contribution in [0.15, 0.2) is 0 Å². The van der Waals surface area contributed by atoms with E-state index in [1.807, 2.05) is 6.92 Å². The third-order valence-corrected chi connectivity index (χ3v) is 2.59. The Balaban J connectivity index is 2.84. The molecule has 1 aromatic rings. The molecule has 1 aromatic heterocycles. The molecule has 1 rings (SSSR count). The Labute approximate surface area is 74.3 Å². The van der Waals surface area contributed by atoms with E-state index < -0.39 is 5.97 Å². The zero-order valence-electron chi connectivity index (χ0n) is 6.92. The lowest BCUT2D eigenvalue weighted by Gasteiger charge is -1.89. The quantitative estimate of drug-likeness (QED) is 0.742. The monoisotopic (exact) mass is 186 g/mol. The van der Waals surface area contributed by atoms with Crippen molar-refractivity contribution in [1.82, 2.24) is 4.98 Å². The van der Waals surface area contributed by atoms with E-state index in [0.717, 1.165) is 15.7 Å². The van der Waals surface area contributed by atoms with Gasteiger partial charge in [-0.05, 0) is 6.92 Å². The van der Waals surface area contributed by atoms with Crippen molar-refractivity contribution in [3.05, 3.63) is 10.6 Å². The molecule has 66 valence electrons. The van der Waals surface area contributed by atoms with Crippen LogP contribution in [0.3, 0.4) is 0 Å². The predicted octanol–water partition coefficient (Wildman–Crippen LogP) is 1.12. The van der Waals surface area contributed by atoms with Crippen molar-refractivity contribution in [1.29, 1.82) is 0 Å². The number of nitrogens with zero attached hydrogens (tertiary/aromatic N) is 1. The Hall–Kier alpha value is -1.10. The fourth-order valence-corrected chi connectivity index (χ4v) is 1.74. The number of aryl methyl sites for hydroxylation is 1. The highest BCUT2D eigenvalue weighted by atomic mass is 32.1. The van der Waals surface area contributed by atoms with Gasteiger partial charge in [0.2, 0.25) is 0 Å². The van der Waals surface area contributed by atoms with Crippen molar-refractivity contribution in [3.8, 4) is 0 Å². The van der Waals surface area contributed by atoms with Crippen molar-refractivity contribution in [2.45, 2.75) is 13.3 Å². The van der Waals surface area contributed by atoms with Gasteiger partial charge >= 0.3 is 5.97 Å². The standard InChI is InChI=1S/C7H10N2O2S/c1-4-5(3-6(10)11)12-7(8-2)9-4/h3H2,1-2H3,(H,8,9)(H,10,11). The van der Waals surface area contributed by atoms with Gasteiger partial charge in [0.15, 0.2) is 5.13 Å². The molecule has 0 aliphatic heterocycles. The Morgan fingerprint density at radius 1 is 1.75 bits per heavy atom. The van der Waals surface area contributed by atoms with Crippen LogP contribution in [0.25, 0.3) is 0 Å². The van der Waals surface area contributed by atoms with Gasteiger partial charge in [-0.2, -0.15) is 0 Å². The van der Waals surface area contributed by atoms with Crippen LogP contribution in [0, 0.1) is 6.92 Å². The Morgan fingerprint density at radius 3 is 2.83 bits per heavy atom. The summed E-state index contributed by atoms with van der Waals surface area (Å²) in [6, 6.07) is 0. The highest BCUT2D eigenvalue weighted by molar-refractivity contribution is 7.15. The zero-order valence-corrected chi connectivity index (χ0v) is 7.73. The first-order chi connectivity index (χ1) is 5.63. The maximum atomic E-state index is 10.4. The van der Waals surface area contributed by atoms with Gasteiger partial charge < -0.3 is 10.4 Å². The largest absolute Gasteiger partial charge is 0.481 e. The molecule has 4 nitrogen and oxygen atoms in total. The first-order valence-electron chi connectivity index (χ1n) is 3.49. The maximum absolute atomic E-state index is 10.4. The van der Waals surface area contributed by atoms with Crippen molar-refractivity contribution in [2.24, 2.45) is 0 Å². The van der Waals surface area contributed by atoms with Crippen LogP contribution >= 0.6 is 11.3 Å². The molecule has 0 bridgehead atoms. The summed E-state index contributed by atoms with van der Waals surface area (Å²) in [5.41, 5.74) is 0.798. The van der Waals surface area contributed by atoms with Crippen LogP contribution in [0.5, 0.6) is 0 Å². The first-order valence-corrected chi connectivity index (χ1v) is 4.31.